The number of aryl methyl sites for hydroxylation is 1. The van der Waals surface area contributed by atoms with Gasteiger partial charge in [0.1, 0.15) is 0 Å². The summed E-state index contributed by atoms with van der Waals surface area (Å²) in [7, 11) is 1.63. The summed E-state index contributed by atoms with van der Waals surface area (Å²) in [6, 6.07) is 5.93. The van der Waals surface area contributed by atoms with Crippen LogP contribution in [0.5, 0.6) is 0 Å². The highest BCUT2D eigenvalue weighted by atomic mass is 16.5. The van der Waals surface area contributed by atoms with Crippen LogP contribution in [0.25, 0.3) is 11.0 Å². The van der Waals surface area contributed by atoms with Gasteiger partial charge in [0.2, 0.25) is 0 Å². The first-order valence-electron chi connectivity index (χ1n) is 4.90. The number of benzene rings is 1. The summed E-state index contributed by atoms with van der Waals surface area (Å²) < 4.78 is 6.66. The number of fused-ring (bicyclic) bond motifs is 1. The Bertz CT molecular complexity index is 525. The molecule has 0 atom stereocenters. The Morgan fingerprint density at radius 3 is 3.00 bits per heavy atom. The van der Waals surface area contributed by atoms with Crippen molar-refractivity contribution in [2.75, 3.05) is 13.7 Å². The number of hydrogen-bond acceptors (Lipinski definition) is 2. The molecule has 1 aromatic carbocycles. The number of nitrogens with one attached hydrogen (secondary N) is 1. The number of hydrogen-bond donors (Lipinski definition) is 1. The molecule has 0 amide bonds. The molecule has 0 bridgehead atoms. The van der Waals surface area contributed by atoms with Gasteiger partial charge in [-0.2, -0.15) is 0 Å². The summed E-state index contributed by atoms with van der Waals surface area (Å²) in [6.45, 7) is 3.13. The first kappa shape index (κ1) is 9.98. The van der Waals surface area contributed by atoms with E-state index in [1.165, 1.54) is 0 Å². The van der Waals surface area contributed by atoms with Crippen molar-refractivity contribution in [1.29, 1.82) is 0 Å². The zero-order valence-corrected chi connectivity index (χ0v) is 8.91. The number of aromatic nitrogens is 2. The molecule has 0 radical (unpaired) electrons. The topological polar surface area (TPSA) is 47.0 Å². The highest BCUT2D eigenvalue weighted by molar-refractivity contribution is 5.75. The summed E-state index contributed by atoms with van der Waals surface area (Å²) in [5.41, 5.74) is 2.88. The minimum atomic E-state index is -0.0762. The van der Waals surface area contributed by atoms with Gasteiger partial charge < -0.3 is 9.72 Å². The molecule has 0 aliphatic rings. The molecular formula is C11H14N2O2. The third-order valence-electron chi connectivity index (χ3n) is 2.45. The highest BCUT2D eigenvalue weighted by Crippen LogP contribution is 2.11. The largest absolute Gasteiger partial charge is 0.383 e. The normalized spacial score (nSPS) is 11.1. The zero-order valence-electron chi connectivity index (χ0n) is 8.91. The van der Waals surface area contributed by atoms with E-state index >= 15 is 0 Å². The van der Waals surface area contributed by atoms with Crippen molar-refractivity contribution in [2.24, 2.45) is 0 Å². The quantitative estimate of drug-likeness (QED) is 0.822. The first-order chi connectivity index (χ1) is 7.22. The maximum absolute atomic E-state index is 11.6. The van der Waals surface area contributed by atoms with Crippen molar-refractivity contribution in [3.8, 4) is 0 Å². The fourth-order valence-corrected chi connectivity index (χ4v) is 1.68. The van der Waals surface area contributed by atoms with E-state index in [1.807, 2.05) is 25.1 Å². The van der Waals surface area contributed by atoms with Crippen LogP contribution in [-0.4, -0.2) is 23.3 Å². The molecule has 2 rings (SSSR count). The van der Waals surface area contributed by atoms with Gasteiger partial charge in [-0.05, 0) is 24.6 Å². The molecule has 0 unspecified atom stereocenters. The van der Waals surface area contributed by atoms with Gasteiger partial charge in [0, 0.05) is 7.11 Å². The smallest absolute Gasteiger partial charge is 0.326 e. The van der Waals surface area contributed by atoms with Crippen molar-refractivity contribution in [1.82, 2.24) is 9.55 Å². The van der Waals surface area contributed by atoms with Gasteiger partial charge in [-0.15, -0.1) is 0 Å². The van der Waals surface area contributed by atoms with E-state index in [4.69, 9.17) is 4.74 Å². The standard InChI is InChI=1S/C11H14N2O2/c1-8-3-4-10-9(7-8)12-11(14)13(10)5-6-15-2/h3-4,7H,5-6H2,1-2H3,(H,12,14). The number of nitrogens with zero attached hydrogens (tertiary/aromatic N) is 1. The molecule has 0 saturated heterocycles. The summed E-state index contributed by atoms with van der Waals surface area (Å²) >= 11 is 0. The predicted octanol–water partition coefficient (Wildman–Crippen LogP) is 1.28. The van der Waals surface area contributed by atoms with E-state index in [2.05, 4.69) is 4.98 Å². The lowest BCUT2D eigenvalue weighted by molar-refractivity contribution is 0.187. The van der Waals surface area contributed by atoms with Crippen molar-refractivity contribution in [3.63, 3.8) is 0 Å². The highest BCUT2D eigenvalue weighted by Gasteiger charge is 2.05. The summed E-state index contributed by atoms with van der Waals surface area (Å²) in [5, 5.41) is 0. The molecule has 80 valence electrons. The first-order valence-corrected chi connectivity index (χ1v) is 4.90. The second-order valence-corrected chi connectivity index (χ2v) is 3.60. The Kier molecular flexibility index (Phi) is 2.60. The molecule has 0 aliphatic heterocycles. The van der Waals surface area contributed by atoms with Crippen molar-refractivity contribution >= 4 is 11.0 Å². The lowest BCUT2D eigenvalue weighted by Crippen LogP contribution is -2.18. The Morgan fingerprint density at radius 2 is 2.27 bits per heavy atom. The average Bonchev–Trinajstić information content (AvgIpc) is 2.50. The number of methoxy groups -OCH3 is 1. The van der Waals surface area contributed by atoms with E-state index in [1.54, 1.807) is 11.7 Å². The predicted molar refractivity (Wildman–Crippen MR) is 59.2 cm³/mol. The van der Waals surface area contributed by atoms with Crippen LogP contribution in [0.4, 0.5) is 0 Å². The lowest BCUT2D eigenvalue weighted by Gasteiger charge is -2.01. The second-order valence-electron chi connectivity index (χ2n) is 3.60. The zero-order chi connectivity index (χ0) is 10.8. The van der Waals surface area contributed by atoms with Crippen molar-refractivity contribution in [2.45, 2.75) is 13.5 Å². The van der Waals surface area contributed by atoms with Crippen LogP contribution in [0.15, 0.2) is 23.0 Å². The molecule has 1 heterocycles. The van der Waals surface area contributed by atoms with E-state index < -0.39 is 0 Å². The number of H-pyrrole nitrogens is 1. The van der Waals surface area contributed by atoms with E-state index in [-0.39, 0.29) is 5.69 Å². The molecule has 4 nitrogen and oxygen atoms in total. The molecule has 4 heteroatoms. The Hall–Kier alpha value is -1.55. The van der Waals surface area contributed by atoms with Crippen LogP contribution in [0.3, 0.4) is 0 Å². The van der Waals surface area contributed by atoms with Crippen LogP contribution in [-0.2, 0) is 11.3 Å². The average molecular weight is 206 g/mol. The molecule has 1 N–H and O–H groups in total. The van der Waals surface area contributed by atoms with Gasteiger partial charge in [0.25, 0.3) is 0 Å². The van der Waals surface area contributed by atoms with Crippen LogP contribution in [0.1, 0.15) is 5.56 Å². The monoisotopic (exact) mass is 206 g/mol. The van der Waals surface area contributed by atoms with E-state index in [0.29, 0.717) is 13.2 Å². The third kappa shape index (κ3) is 1.80. The van der Waals surface area contributed by atoms with Crippen molar-refractivity contribution in [3.05, 3.63) is 34.2 Å². The van der Waals surface area contributed by atoms with Crippen molar-refractivity contribution < 1.29 is 4.74 Å². The minimum absolute atomic E-state index is 0.0762. The molecule has 0 fully saturated rings. The van der Waals surface area contributed by atoms with Gasteiger partial charge in [0.15, 0.2) is 0 Å². The Balaban J connectivity index is 2.53. The summed E-state index contributed by atoms with van der Waals surface area (Å²) in [6.07, 6.45) is 0. The maximum Gasteiger partial charge on any atom is 0.326 e. The van der Waals surface area contributed by atoms with Crippen LogP contribution in [0, 0.1) is 6.92 Å². The number of ether oxygens (including phenoxy) is 1. The minimum Gasteiger partial charge on any atom is -0.383 e. The van der Waals surface area contributed by atoms with Crippen LogP contribution < -0.4 is 5.69 Å². The fourth-order valence-electron chi connectivity index (χ4n) is 1.68. The number of rotatable bonds is 3. The maximum atomic E-state index is 11.6. The van der Waals surface area contributed by atoms with Crippen LogP contribution in [0.2, 0.25) is 0 Å². The second kappa shape index (κ2) is 3.90. The third-order valence-corrected chi connectivity index (χ3v) is 2.45. The molecule has 0 saturated carbocycles. The molecule has 15 heavy (non-hydrogen) atoms. The number of aromatic amines is 1. The van der Waals surface area contributed by atoms with E-state index in [0.717, 1.165) is 16.6 Å². The van der Waals surface area contributed by atoms with Crippen LogP contribution >= 0.6 is 0 Å². The van der Waals surface area contributed by atoms with Gasteiger partial charge in [-0.25, -0.2) is 4.79 Å². The molecule has 0 spiro atoms. The Labute approximate surface area is 87.5 Å². The SMILES string of the molecule is COCCn1c(=O)[nH]c2cc(C)ccc21. The molecular weight excluding hydrogens is 192 g/mol. The molecule has 2 aromatic rings. The van der Waals surface area contributed by atoms with Gasteiger partial charge in [-0.1, -0.05) is 6.07 Å². The summed E-state index contributed by atoms with van der Waals surface area (Å²) in [4.78, 5) is 14.4. The Morgan fingerprint density at radius 1 is 1.47 bits per heavy atom. The van der Waals surface area contributed by atoms with Gasteiger partial charge >= 0.3 is 5.69 Å². The fraction of sp³-hybridized carbons (Fsp3) is 0.364. The van der Waals surface area contributed by atoms with Gasteiger partial charge in [-0.3, -0.25) is 4.57 Å². The van der Waals surface area contributed by atoms with Gasteiger partial charge in [0.05, 0.1) is 24.2 Å². The summed E-state index contributed by atoms with van der Waals surface area (Å²) in [5.74, 6) is 0. The molecule has 0 aliphatic carbocycles. The molecule has 1 aromatic heterocycles. The number of imidazole rings is 1. The lowest BCUT2D eigenvalue weighted by atomic mass is 10.2. The van der Waals surface area contributed by atoms with E-state index in [9.17, 15) is 4.79 Å².